The molecule has 0 atom stereocenters. The number of hydrogen-bond donors (Lipinski definition) is 0. The highest BCUT2D eigenvalue weighted by atomic mass is 13.9. The topological polar surface area (TPSA) is 0 Å². The lowest BCUT2D eigenvalue weighted by Crippen LogP contribution is -1.77. The van der Waals surface area contributed by atoms with Gasteiger partial charge in [-0.05, 0) is 17.8 Å². The lowest BCUT2D eigenvalue weighted by atomic mass is 10.2. The van der Waals surface area contributed by atoms with Gasteiger partial charge in [0.1, 0.15) is 0 Å². The summed E-state index contributed by atoms with van der Waals surface area (Å²) in [4.78, 5) is 0. The molecular formula is C15H36. The van der Waals surface area contributed by atoms with Gasteiger partial charge in [0.15, 0.2) is 0 Å². The second-order valence-corrected chi connectivity index (χ2v) is 5.41. The molecule has 0 rings (SSSR count). The first-order chi connectivity index (χ1) is 6.81. The first-order valence-electron chi connectivity index (χ1n) is 6.81. The Morgan fingerprint density at radius 1 is 0.467 bits per heavy atom. The third kappa shape index (κ3) is 56.0. The van der Waals surface area contributed by atoms with E-state index < -0.39 is 0 Å². The zero-order valence-corrected chi connectivity index (χ0v) is 12.9. The molecule has 0 heterocycles. The quantitative estimate of drug-likeness (QED) is 0.530. The highest BCUT2D eigenvalue weighted by Gasteiger charge is 1.80. The molecule has 0 heteroatoms. The fourth-order valence-electron chi connectivity index (χ4n) is 0. The number of rotatable bonds is 3. The van der Waals surface area contributed by atoms with Gasteiger partial charge in [-0.25, -0.2) is 0 Å². The highest BCUT2D eigenvalue weighted by molar-refractivity contribution is 4.33. The molecule has 0 aliphatic rings. The van der Waals surface area contributed by atoms with Crippen molar-refractivity contribution in [2.75, 3.05) is 0 Å². The summed E-state index contributed by atoms with van der Waals surface area (Å²) in [6.07, 6.45) is 3.92. The zero-order chi connectivity index (χ0) is 12.9. The molecule has 0 aliphatic heterocycles. The summed E-state index contributed by atoms with van der Waals surface area (Å²) in [6.45, 7) is 19.9. The first-order valence-corrected chi connectivity index (χ1v) is 6.81. The molecule has 0 aliphatic carbocycles. The van der Waals surface area contributed by atoms with E-state index >= 15 is 0 Å². The van der Waals surface area contributed by atoms with Crippen LogP contribution in [-0.4, -0.2) is 0 Å². The van der Waals surface area contributed by atoms with Crippen molar-refractivity contribution >= 4 is 0 Å². The van der Waals surface area contributed by atoms with Crippen molar-refractivity contribution in [1.82, 2.24) is 0 Å². The Balaban J connectivity index is -0.000000144. The summed E-state index contributed by atoms with van der Waals surface area (Å²) in [5.74, 6) is 2.65. The van der Waals surface area contributed by atoms with Gasteiger partial charge in [-0.3, -0.25) is 0 Å². The SMILES string of the molecule is CCC(C)C.CCC(C)C.CCC(C)C. The zero-order valence-electron chi connectivity index (χ0n) is 12.9. The average molecular weight is 216 g/mol. The maximum atomic E-state index is 2.22. The molecule has 0 bridgehead atoms. The second-order valence-electron chi connectivity index (χ2n) is 5.41. The summed E-state index contributed by atoms with van der Waals surface area (Å²) in [6, 6.07) is 0. The van der Waals surface area contributed by atoms with E-state index in [1.807, 2.05) is 0 Å². The molecule has 0 aromatic carbocycles. The van der Waals surface area contributed by atoms with Crippen molar-refractivity contribution in [2.45, 2.75) is 81.6 Å². The fraction of sp³-hybridized carbons (Fsp3) is 1.00. The van der Waals surface area contributed by atoms with Gasteiger partial charge in [0.2, 0.25) is 0 Å². The average Bonchev–Trinajstić information content (AvgIpc) is 2.19. The molecule has 0 amide bonds. The molecule has 0 saturated carbocycles. The van der Waals surface area contributed by atoms with Gasteiger partial charge in [-0.2, -0.15) is 0 Å². The van der Waals surface area contributed by atoms with E-state index in [2.05, 4.69) is 62.3 Å². The van der Waals surface area contributed by atoms with Gasteiger partial charge in [0, 0.05) is 0 Å². The Hall–Kier alpha value is 0. The summed E-state index contributed by atoms with van der Waals surface area (Å²) in [5.41, 5.74) is 0. The molecule has 0 saturated heterocycles. The van der Waals surface area contributed by atoms with E-state index in [1.165, 1.54) is 19.3 Å². The van der Waals surface area contributed by atoms with Crippen LogP contribution in [0, 0.1) is 17.8 Å². The smallest absolute Gasteiger partial charge is 0.0474 e. The van der Waals surface area contributed by atoms with Crippen LogP contribution in [0.3, 0.4) is 0 Å². The van der Waals surface area contributed by atoms with Crippen LogP contribution in [-0.2, 0) is 0 Å². The van der Waals surface area contributed by atoms with E-state index in [-0.39, 0.29) is 0 Å². The lowest BCUT2D eigenvalue weighted by Gasteiger charge is -1.90. The van der Waals surface area contributed by atoms with Crippen LogP contribution in [0.5, 0.6) is 0 Å². The predicted molar refractivity (Wildman–Crippen MR) is 75.4 cm³/mol. The third-order valence-electron chi connectivity index (χ3n) is 2.45. The molecule has 0 unspecified atom stereocenters. The predicted octanol–water partition coefficient (Wildman–Crippen LogP) is 6.16. The van der Waals surface area contributed by atoms with Gasteiger partial charge in [-0.15, -0.1) is 0 Å². The minimum Gasteiger partial charge on any atom is -0.0651 e. The molecular weight excluding hydrogens is 180 g/mol. The second kappa shape index (κ2) is 16.4. The molecule has 0 aromatic rings. The molecule has 0 aromatic heterocycles. The largest absolute Gasteiger partial charge is 0.0651 e. The van der Waals surface area contributed by atoms with Crippen LogP contribution >= 0.6 is 0 Å². The van der Waals surface area contributed by atoms with Gasteiger partial charge < -0.3 is 0 Å². The Morgan fingerprint density at radius 2 is 0.533 bits per heavy atom. The molecule has 0 N–H and O–H groups in total. The molecule has 96 valence electrons. The Kier molecular flexibility index (Phi) is 22.4. The summed E-state index contributed by atoms with van der Waals surface area (Å²) >= 11 is 0. The maximum Gasteiger partial charge on any atom is -0.0474 e. The third-order valence-corrected chi connectivity index (χ3v) is 2.45. The summed E-state index contributed by atoms with van der Waals surface area (Å²) in [5, 5.41) is 0. The van der Waals surface area contributed by atoms with Crippen LogP contribution in [0.4, 0.5) is 0 Å². The van der Waals surface area contributed by atoms with Gasteiger partial charge in [-0.1, -0.05) is 81.6 Å². The summed E-state index contributed by atoms with van der Waals surface area (Å²) < 4.78 is 0. The number of hydrogen-bond acceptors (Lipinski definition) is 0. The van der Waals surface area contributed by atoms with Crippen molar-refractivity contribution in [3.05, 3.63) is 0 Å². The minimum absolute atomic E-state index is 0.884. The normalized spacial score (nSPS) is 9.60. The minimum atomic E-state index is 0.884. The Bertz CT molecular complexity index is 61.0. The molecule has 0 fully saturated rings. The monoisotopic (exact) mass is 216 g/mol. The maximum absolute atomic E-state index is 2.22. The van der Waals surface area contributed by atoms with E-state index in [0.29, 0.717) is 0 Å². The first kappa shape index (κ1) is 20.4. The van der Waals surface area contributed by atoms with Gasteiger partial charge >= 0.3 is 0 Å². The van der Waals surface area contributed by atoms with Crippen molar-refractivity contribution < 1.29 is 0 Å². The lowest BCUT2D eigenvalue weighted by molar-refractivity contribution is 0.626. The molecule has 0 spiro atoms. The van der Waals surface area contributed by atoms with E-state index in [4.69, 9.17) is 0 Å². The van der Waals surface area contributed by atoms with Crippen molar-refractivity contribution in [3.63, 3.8) is 0 Å². The highest BCUT2D eigenvalue weighted by Crippen LogP contribution is 1.94. The van der Waals surface area contributed by atoms with E-state index in [0.717, 1.165) is 17.8 Å². The van der Waals surface area contributed by atoms with E-state index in [9.17, 15) is 0 Å². The molecule has 15 heavy (non-hydrogen) atoms. The molecule has 0 nitrogen and oxygen atoms in total. The van der Waals surface area contributed by atoms with Crippen molar-refractivity contribution in [1.29, 1.82) is 0 Å². The Morgan fingerprint density at radius 3 is 0.533 bits per heavy atom. The van der Waals surface area contributed by atoms with Gasteiger partial charge in [0.25, 0.3) is 0 Å². The molecule has 0 radical (unpaired) electrons. The standard InChI is InChI=1S/3C5H12/c3*1-4-5(2)3/h3*5H,4H2,1-3H3. The fourth-order valence-corrected chi connectivity index (χ4v) is 0. The van der Waals surface area contributed by atoms with Crippen molar-refractivity contribution in [2.24, 2.45) is 17.8 Å². The van der Waals surface area contributed by atoms with Crippen LogP contribution < -0.4 is 0 Å². The van der Waals surface area contributed by atoms with Crippen LogP contribution in [0.15, 0.2) is 0 Å². The van der Waals surface area contributed by atoms with Crippen LogP contribution in [0.25, 0.3) is 0 Å². The van der Waals surface area contributed by atoms with E-state index in [1.54, 1.807) is 0 Å². The van der Waals surface area contributed by atoms with Gasteiger partial charge in [0.05, 0.1) is 0 Å². The summed E-state index contributed by atoms with van der Waals surface area (Å²) in [7, 11) is 0. The Labute approximate surface area is 99.9 Å². The van der Waals surface area contributed by atoms with Crippen molar-refractivity contribution in [3.8, 4) is 0 Å². The van der Waals surface area contributed by atoms with Crippen LogP contribution in [0.2, 0.25) is 0 Å². The van der Waals surface area contributed by atoms with Crippen LogP contribution in [0.1, 0.15) is 81.6 Å².